The van der Waals surface area contributed by atoms with Crippen molar-refractivity contribution < 1.29 is 33.7 Å². The summed E-state index contributed by atoms with van der Waals surface area (Å²) in [6.45, 7) is 0. The molecule has 2 aromatic rings. The van der Waals surface area contributed by atoms with Gasteiger partial charge in [-0.2, -0.15) is 0 Å². The van der Waals surface area contributed by atoms with Crippen molar-refractivity contribution in [3.8, 4) is 0 Å². The highest BCUT2D eigenvalue weighted by Crippen LogP contribution is 2.27. The fraction of sp³-hybridized carbons (Fsp3) is 0.250. The smallest absolute Gasteiger partial charge is 0.329 e. The Kier molecular flexibility index (Phi) is 7.93. The maximum Gasteiger partial charge on any atom is 0.329 e. The van der Waals surface area contributed by atoms with Gasteiger partial charge in [-0.05, 0) is 11.6 Å². The predicted molar refractivity (Wildman–Crippen MR) is 109 cm³/mol. The molecule has 0 aliphatic carbocycles. The van der Waals surface area contributed by atoms with Crippen molar-refractivity contribution in [2.24, 2.45) is 0 Å². The Morgan fingerprint density at radius 3 is 2.09 bits per heavy atom. The van der Waals surface area contributed by atoms with Gasteiger partial charge in [0.15, 0.2) is 0 Å². The van der Waals surface area contributed by atoms with Crippen molar-refractivity contribution >= 4 is 29.2 Å². The second-order valence-corrected chi connectivity index (χ2v) is 6.52. The number of rotatable bonds is 9. The fourth-order valence-electron chi connectivity index (χ4n) is 2.97. The quantitative estimate of drug-likeness (QED) is 0.345. The number of nitro groups is 2. The van der Waals surface area contributed by atoms with Crippen LogP contribution in [0.2, 0.25) is 0 Å². The summed E-state index contributed by atoms with van der Waals surface area (Å²) < 4.78 is 9.44. The van der Waals surface area contributed by atoms with Crippen molar-refractivity contribution in [3.05, 3.63) is 79.9 Å². The summed E-state index contributed by atoms with van der Waals surface area (Å²) in [5.41, 5.74) is -0.293. The van der Waals surface area contributed by atoms with Gasteiger partial charge in [-0.3, -0.25) is 29.8 Å². The van der Waals surface area contributed by atoms with E-state index in [0.29, 0.717) is 5.56 Å². The Bertz CT molecular complexity index is 1040. The predicted octanol–water partition coefficient (Wildman–Crippen LogP) is 2.12. The van der Waals surface area contributed by atoms with Crippen LogP contribution in [0.15, 0.2) is 48.5 Å². The number of benzene rings is 2. The van der Waals surface area contributed by atoms with Crippen LogP contribution in [-0.2, 0) is 19.1 Å². The fourth-order valence-corrected chi connectivity index (χ4v) is 2.97. The number of nitrogens with one attached hydrogen (secondary N) is 1. The molecule has 1 N–H and O–H groups in total. The van der Waals surface area contributed by atoms with Crippen molar-refractivity contribution in [3.63, 3.8) is 0 Å². The lowest BCUT2D eigenvalue weighted by molar-refractivity contribution is -0.385. The first kappa shape index (κ1) is 23.9. The third-order valence-corrected chi connectivity index (χ3v) is 4.61. The number of carbonyl (C=O) groups is 3. The first-order chi connectivity index (χ1) is 15.2. The molecule has 0 saturated heterocycles. The van der Waals surface area contributed by atoms with Gasteiger partial charge in [0, 0.05) is 35.7 Å². The van der Waals surface area contributed by atoms with Gasteiger partial charge < -0.3 is 14.8 Å². The molecular formula is C20H19N3O9. The van der Waals surface area contributed by atoms with E-state index in [1.807, 2.05) is 0 Å². The zero-order valence-electron chi connectivity index (χ0n) is 17.0. The van der Waals surface area contributed by atoms with Crippen LogP contribution in [0.5, 0.6) is 0 Å². The highest BCUT2D eigenvalue weighted by molar-refractivity contribution is 5.97. The summed E-state index contributed by atoms with van der Waals surface area (Å²) >= 11 is 0. The zero-order chi connectivity index (χ0) is 23.8. The van der Waals surface area contributed by atoms with E-state index in [0.717, 1.165) is 20.3 Å². The molecule has 0 bridgehead atoms. The van der Waals surface area contributed by atoms with Crippen LogP contribution in [-0.4, -0.2) is 48.0 Å². The van der Waals surface area contributed by atoms with Crippen LogP contribution in [0.3, 0.4) is 0 Å². The van der Waals surface area contributed by atoms with E-state index in [4.69, 9.17) is 4.74 Å². The van der Waals surface area contributed by atoms with Crippen LogP contribution in [0, 0.1) is 20.2 Å². The molecule has 0 aliphatic heterocycles. The number of non-ortho nitro benzene ring substituents is 2. The molecule has 2 aromatic carbocycles. The number of esters is 2. The van der Waals surface area contributed by atoms with E-state index in [1.165, 1.54) is 42.5 Å². The molecule has 0 aromatic heterocycles. The summed E-state index contributed by atoms with van der Waals surface area (Å²) in [6, 6.07) is 8.54. The van der Waals surface area contributed by atoms with Gasteiger partial charge in [0.2, 0.25) is 0 Å². The van der Waals surface area contributed by atoms with Gasteiger partial charge in [-0.15, -0.1) is 0 Å². The third kappa shape index (κ3) is 5.84. The zero-order valence-corrected chi connectivity index (χ0v) is 17.0. The Morgan fingerprint density at radius 1 is 0.938 bits per heavy atom. The molecular weight excluding hydrogens is 426 g/mol. The van der Waals surface area contributed by atoms with Gasteiger partial charge >= 0.3 is 11.9 Å². The number of nitrogens with zero attached hydrogens (tertiary/aromatic N) is 2. The number of nitro benzene ring substituents is 2. The van der Waals surface area contributed by atoms with E-state index in [2.05, 4.69) is 10.1 Å². The number of hydrogen-bond donors (Lipinski definition) is 1. The number of carbonyl (C=O) groups excluding carboxylic acids is 3. The number of ether oxygens (including phenoxy) is 2. The molecule has 0 heterocycles. The maximum absolute atomic E-state index is 12.7. The molecule has 1 amide bonds. The SMILES string of the molecule is COC(=O)C[C@H](c1ccc([N+](=O)[O-])cc1)[C@@H](NC(=O)c1cccc([N+](=O)[O-])c1)C(=O)OC. The molecule has 0 aliphatic rings. The summed E-state index contributed by atoms with van der Waals surface area (Å²) in [5.74, 6) is -3.41. The summed E-state index contributed by atoms with van der Waals surface area (Å²) in [7, 11) is 2.23. The molecule has 2 atom stereocenters. The van der Waals surface area contributed by atoms with Gasteiger partial charge in [0.1, 0.15) is 6.04 Å². The van der Waals surface area contributed by atoms with Crippen molar-refractivity contribution in [2.45, 2.75) is 18.4 Å². The molecule has 0 saturated carbocycles. The van der Waals surface area contributed by atoms with E-state index < -0.39 is 39.7 Å². The first-order valence-electron chi connectivity index (χ1n) is 9.12. The topological polar surface area (TPSA) is 168 Å². The average Bonchev–Trinajstić information content (AvgIpc) is 2.80. The molecule has 168 valence electrons. The number of amides is 1. The Morgan fingerprint density at radius 2 is 1.56 bits per heavy atom. The Labute approximate surface area is 181 Å². The molecule has 0 spiro atoms. The van der Waals surface area contributed by atoms with E-state index >= 15 is 0 Å². The van der Waals surface area contributed by atoms with Gasteiger partial charge in [-0.25, -0.2) is 4.79 Å². The lowest BCUT2D eigenvalue weighted by Crippen LogP contribution is -2.46. The third-order valence-electron chi connectivity index (χ3n) is 4.61. The number of hydrogen-bond acceptors (Lipinski definition) is 9. The summed E-state index contributed by atoms with van der Waals surface area (Å²) in [4.78, 5) is 57.9. The Hall–Kier alpha value is -4.35. The minimum Gasteiger partial charge on any atom is -0.469 e. The van der Waals surface area contributed by atoms with Gasteiger partial charge in [0.05, 0.1) is 30.5 Å². The lowest BCUT2D eigenvalue weighted by Gasteiger charge is -2.26. The Balaban J connectivity index is 2.44. The molecule has 12 heteroatoms. The second kappa shape index (κ2) is 10.6. The highest BCUT2D eigenvalue weighted by Gasteiger charge is 2.34. The summed E-state index contributed by atoms with van der Waals surface area (Å²) in [5, 5.41) is 24.3. The van der Waals surface area contributed by atoms with Gasteiger partial charge in [0.25, 0.3) is 17.3 Å². The summed E-state index contributed by atoms with van der Waals surface area (Å²) in [6.07, 6.45) is -0.358. The van der Waals surface area contributed by atoms with Crippen molar-refractivity contribution in [1.82, 2.24) is 5.32 Å². The largest absolute Gasteiger partial charge is 0.469 e. The monoisotopic (exact) mass is 445 g/mol. The minimum atomic E-state index is -1.40. The van der Waals surface area contributed by atoms with E-state index in [9.17, 15) is 34.6 Å². The molecule has 12 nitrogen and oxygen atoms in total. The van der Waals surface area contributed by atoms with Crippen LogP contribution in [0.1, 0.15) is 28.3 Å². The van der Waals surface area contributed by atoms with Crippen molar-refractivity contribution in [1.29, 1.82) is 0 Å². The molecule has 0 unspecified atom stereocenters. The molecule has 32 heavy (non-hydrogen) atoms. The highest BCUT2D eigenvalue weighted by atomic mass is 16.6. The number of methoxy groups -OCH3 is 2. The standard InChI is InChI=1S/C20H19N3O9/c1-31-17(24)11-16(12-6-8-14(9-7-12)22(27)28)18(20(26)32-2)21-19(25)13-4-3-5-15(10-13)23(29)30/h3-10,16,18H,11H2,1-2H3,(H,21,25)/t16-,18-/m1/s1. The van der Waals surface area contributed by atoms with E-state index in [-0.39, 0.29) is 23.4 Å². The lowest BCUT2D eigenvalue weighted by atomic mass is 9.88. The minimum absolute atomic E-state index is 0.0892. The van der Waals surface area contributed by atoms with Crippen LogP contribution < -0.4 is 5.32 Å². The maximum atomic E-state index is 12.7. The second-order valence-electron chi connectivity index (χ2n) is 6.52. The van der Waals surface area contributed by atoms with E-state index in [1.54, 1.807) is 0 Å². The molecule has 0 radical (unpaired) electrons. The van der Waals surface area contributed by atoms with Gasteiger partial charge in [-0.1, -0.05) is 18.2 Å². The van der Waals surface area contributed by atoms with Crippen LogP contribution in [0.25, 0.3) is 0 Å². The normalized spacial score (nSPS) is 12.2. The molecule has 0 fully saturated rings. The average molecular weight is 445 g/mol. The van der Waals surface area contributed by atoms with Crippen molar-refractivity contribution in [2.75, 3.05) is 14.2 Å². The first-order valence-corrected chi connectivity index (χ1v) is 9.12. The van der Waals surface area contributed by atoms with Crippen LogP contribution >= 0.6 is 0 Å². The molecule has 2 rings (SSSR count). The van der Waals surface area contributed by atoms with Crippen LogP contribution in [0.4, 0.5) is 11.4 Å².